The maximum Gasteiger partial charge on any atom is 0.112 e. The van der Waals surface area contributed by atoms with Crippen LogP contribution in [-0.2, 0) is 6.54 Å². The summed E-state index contributed by atoms with van der Waals surface area (Å²) in [6.07, 6.45) is 3.65. The summed E-state index contributed by atoms with van der Waals surface area (Å²) in [5, 5.41) is 7.62. The average molecular weight is 241 g/mol. The molecule has 0 saturated heterocycles. The van der Waals surface area contributed by atoms with E-state index in [1.54, 1.807) is 11.3 Å². The van der Waals surface area contributed by atoms with Crippen LogP contribution in [0.4, 0.5) is 5.69 Å². The highest BCUT2D eigenvalue weighted by Gasteiger charge is 2.01. The van der Waals surface area contributed by atoms with Crippen molar-refractivity contribution in [1.82, 2.24) is 9.97 Å². The van der Waals surface area contributed by atoms with Crippen molar-refractivity contribution in [3.05, 3.63) is 53.1 Å². The summed E-state index contributed by atoms with van der Waals surface area (Å²) < 4.78 is 0. The molecule has 4 heteroatoms. The molecule has 0 saturated carbocycles. The van der Waals surface area contributed by atoms with Gasteiger partial charge < -0.3 is 5.32 Å². The van der Waals surface area contributed by atoms with Gasteiger partial charge in [-0.3, -0.25) is 4.98 Å². The molecule has 17 heavy (non-hydrogen) atoms. The minimum Gasteiger partial charge on any atom is -0.378 e. The van der Waals surface area contributed by atoms with Crippen LogP contribution in [0.15, 0.2) is 48.1 Å². The molecule has 0 bridgehead atoms. The van der Waals surface area contributed by atoms with Gasteiger partial charge in [0, 0.05) is 28.8 Å². The molecule has 0 aliphatic heterocycles. The van der Waals surface area contributed by atoms with Gasteiger partial charge in [-0.1, -0.05) is 18.2 Å². The Balaban J connectivity index is 1.90. The van der Waals surface area contributed by atoms with Crippen molar-refractivity contribution in [1.29, 1.82) is 0 Å². The van der Waals surface area contributed by atoms with E-state index in [1.165, 1.54) is 0 Å². The number of nitrogens with zero attached hydrogens (tertiary/aromatic N) is 2. The molecule has 0 aliphatic rings. The summed E-state index contributed by atoms with van der Waals surface area (Å²) in [4.78, 5) is 8.59. The zero-order valence-electron chi connectivity index (χ0n) is 9.13. The minimum atomic E-state index is 0.756. The third-order valence-electron chi connectivity index (χ3n) is 2.56. The highest BCUT2D eigenvalue weighted by atomic mass is 32.1. The molecule has 84 valence electrons. The predicted molar refractivity (Wildman–Crippen MR) is 71.2 cm³/mol. The molecule has 0 fully saturated rings. The fourth-order valence-corrected chi connectivity index (χ4v) is 2.32. The maximum atomic E-state index is 4.33. The lowest BCUT2D eigenvalue weighted by Gasteiger charge is -2.07. The number of nitrogens with one attached hydrogen (secondary N) is 1. The smallest absolute Gasteiger partial charge is 0.112 e. The highest BCUT2D eigenvalue weighted by molar-refractivity contribution is 7.09. The number of pyridine rings is 1. The summed E-state index contributed by atoms with van der Waals surface area (Å²) >= 11 is 1.66. The van der Waals surface area contributed by atoms with Crippen molar-refractivity contribution in [2.45, 2.75) is 6.54 Å². The van der Waals surface area contributed by atoms with Gasteiger partial charge in [0.15, 0.2) is 0 Å². The molecule has 0 spiro atoms. The Bertz CT molecular complexity index is 614. The van der Waals surface area contributed by atoms with E-state index in [4.69, 9.17) is 0 Å². The number of hydrogen-bond donors (Lipinski definition) is 1. The standard InChI is InChI=1S/C13H11N3S/c1-2-4-11-10(3-1)12(5-6-14-11)16-9-13-15-7-8-17-13/h1-8H,9H2,(H,14,16). The molecular weight excluding hydrogens is 230 g/mol. The number of hydrogen-bond acceptors (Lipinski definition) is 4. The van der Waals surface area contributed by atoms with Crippen molar-refractivity contribution in [2.24, 2.45) is 0 Å². The normalized spacial score (nSPS) is 10.6. The zero-order chi connectivity index (χ0) is 11.5. The second-order valence-electron chi connectivity index (χ2n) is 3.66. The third kappa shape index (κ3) is 2.12. The molecule has 0 atom stereocenters. The Morgan fingerprint density at radius 3 is 2.88 bits per heavy atom. The van der Waals surface area contributed by atoms with Crippen LogP contribution in [0.25, 0.3) is 10.9 Å². The van der Waals surface area contributed by atoms with Crippen LogP contribution < -0.4 is 5.32 Å². The lowest BCUT2D eigenvalue weighted by Crippen LogP contribution is -1.99. The van der Waals surface area contributed by atoms with Crippen molar-refractivity contribution in [3.63, 3.8) is 0 Å². The van der Waals surface area contributed by atoms with Crippen molar-refractivity contribution < 1.29 is 0 Å². The van der Waals surface area contributed by atoms with Crippen LogP contribution in [0.1, 0.15) is 5.01 Å². The van der Waals surface area contributed by atoms with Gasteiger partial charge in [-0.05, 0) is 12.1 Å². The lowest BCUT2D eigenvalue weighted by atomic mass is 10.2. The quantitative estimate of drug-likeness (QED) is 0.764. The second-order valence-corrected chi connectivity index (χ2v) is 4.63. The third-order valence-corrected chi connectivity index (χ3v) is 3.34. The molecule has 2 aromatic heterocycles. The summed E-state index contributed by atoms with van der Waals surface area (Å²) in [6, 6.07) is 10.1. The first-order chi connectivity index (χ1) is 8.43. The number of rotatable bonds is 3. The first-order valence-electron chi connectivity index (χ1n) is 5.39. The van der Waals surface area contributed by atoms with Crippen molar-refractivity contribution >= 4 is 27.9 Å². The Kier molecular flexibility index (Phi) is 2.71. The summed E-state index contributed by atoms with van der Waals surface area (Å²) in [7, 11) is 0. The second kappa shape index (κ2) is 4.51. The molecule has 3 rings (SSSR count). The van der Waals surface area contributed by atoms with Gasteiger partial charge >= 0.3 is 0 Å². The number of aromatic nitrogens is 2. The Morgan fingerprint density at radius 1 is 1.06 bits per heavy atom. The van der Waals surface area contributed by atoms with Gasteiger partial charge in [0.25, 0.3) is 0 Å². The van der Waals surface area contributed by atoms with E-state index in [2.05, 4.69) is 21.4 Å². The summed E-state index contributed by atoms with van der Waals surface area (Å²) in [5.41, 5.74) is 2.11. The molecule has 0 amide bonds. The van der Waals surface area contributed by atoms with E-state index in [1.807, 2.05) is 42.0 Å². The molecule has 3 nitrogen and oxygen atoms in total. The first kappa shape index (κ1) is 10.2. The SMILES string of the molecule is c1ccc2c(NCc3nccs3)ccnc2c1. The fourth-order valence-electron chi connectivity index (χ4n) is 1.76. The van der Waals surface area contributed by atoms with Gasteiger partial charge in [0.05, 0.1) is 12.1 Å². The molecule has 1 N–H and O–H groups in total. The summed E-state index contributed by atoms with van der Waals surface area (Å²) in [6.45, 7) is 0.756. The maximum absolute atomic E-state index is 4.33. The van der Waals surface area contributed by atoms with Gasteiger partial charge in [0.2, 0.25) is 0 Å². The van der Waals surface area contributed by atoms with Gasteiger partial charge in [-0.15, -0.1) is 11.3 Å². The number of para-hydroxylation sites is 1. The van der Waals surface area contributed by atoms with E-state index in [0.29, 0.717) is 0 Å². The van der Waals surface area contributed by atoms with Crippen LogP contribution >= 0.6 is 11.3 Å². The molecule has 0 unspecified atom stereocenters. The molecule has 3 aromatic rings. The lowest BCUT2D eigenvalue weighted by molar-refractivity contribution is 1.11. The van der Waals surface area contributed by atoms with Crippen LogP contribution in [0.3, 0.4) is 0 Å². The Labute approximate surface area is 103 Å². The van der Waals surface area contributed by atoms with Crippen LogP contribution in [0, 0.1) is 0 Å². The fraction of sp³-hybridized carbons (Fsp3) is 0.0769. The van der Waals surface area contributed by atoms with E-state index in [-0.39, 0.29) is 0 Å². The Morgan fingerprint density at radius 2 is 2.00 bits per heavy atom. The van der Waals surface area contributed by atoms with Crippen molar-refractivity contribution in [3.8, 4) is 0 Å². The predicted octanol–water partition coefficient (Wildman–Crippen LogP) is 3.30. The topological polar surface area (TPSA) is 37.8 Å². The monoisotopic (exact) mass is 241 g/mol. The van der Waals surface area contributed by atoms with Crippen molar-refractivity contribution in [2.75, 3.05) is 5.32 Å². The molecule has 0 aliphatic carbocycles. The van der Waals surface area contributed by atoms with E-state index < -0.39 is 0 Å². The van der Waals surface area contributed by atoms with Crippen LogP contribution in [-0.4, -0.2) is 9.97 Å². The number of thiazole rings is 1. The van der Waals surface area contributed by atoms with E-state index in [0.717, 1.165) is 28.1 Å². The van der Waals surface area contributed by atoms with E-state index in [9.17, 15) is 0 Å². The largest absolute Gasteiger partial charge is 0.378 e. The number of benzene rings is 1. The van der Waals surface area contributed by atoms with Gasteiger partial charge in [-0.2, -0.15) is 0 Å². The van der Waals surface area contributed by atoms with Crippen LogP contribution in [0.5, 0.6) is 0 Å². The average Bonchev–Trinajstić information content (AvgIpc) is 2.89. The number of anilines is 1. The zero-order valence-corrected chi connectivity index (χ0v) is 9.95. The Hall–Kier alpha value is -1.94. The molecule has 0 radical (unpaired) electrons. The van der Waals surface area contributed by atoms with E-state index >= 15 is 0 Å². The van der Waals surface area contributed by atoms with Gasteiger partial charge in [0.1, 0.15) is 5.01 Å². The minimum absolute atomic E-state index is 0.756. The molecule has 2 heterocycles. The highest BCUT2D eigenvalue weighted by Crippen LogP contribution is 2.21. The van der Waals surface area contributed by atoms with Crippen LogP contribution in [0.2, 0.25) is 0 Å². The first-order valence-corrected chi connectivity index (χ1v) is 6.27. The molecule has 1 aromatic carbocycles. The number of fused-ring (bicyclic) bond motifs is 1. The van der Waals surface area contributed by atoms with Gasteiger partial charge in [-0.25, -0.2) is 4.98 Å². The molecular formula is C13H11N3S. The summed E-state index contributed by atoms with van der Waals surface area (Å²) in [5.74, 6) is 0.